The summed E-state index contributed by atoms with van der Waals surface area (Å²) < 4.78 is 67.6. The van der Waals surface area contributed by atoms with Crippen LogP contribution < -0.4 is 44.1 Å². The van der Waals surface area contributed by atoms with Crippen LogP contribution in [0.5, 0.6) is 0 Å². The number of aliphatic hydroxyl groups is 2. The summed E-state index contributed by atoms with van der Waals surface area (Å²) in [4.78, 5) is 74.7. The summed E-state index contributed by atoms with van der Waals surface area (Å²) in [5.74, 6) is 0.146. The van der Waals surface area contributed by atoms with Crippen LogP contribution in [0.1, 0.15) is 85.6 Å². The van der Waals surface area contributed by atoms with E-state index < -0.39 is 95.0 Å². The average Bonchev–Trinajstić information content (AvgIpc) is 2.07. The molecule has 460 valence electrons. The number of aromatic nitrogens is 6. The zero-order valence-corrected chi connectivity index (χ0v) is 53.0. The van der Waals surface area contributed by atoms with Crippen molar-refractivity contribution in [2.45, 2.75) is 140 Å². The fraction of sp³-hybridized carbons (Fsp3) is 0.483. The third-order valence-corrected chi connectivity index (χ3v) is 25.1. The van der Waals surface area contributed by atoms with Gasteiger partial charge in [0, 0.05) is 74.0 Å². The van der Waals surface area contributed by atoms with E-state index in [9.17, 15) is 47.4 Å². The molecular weight excluding hydrogens is 1240 g/mol. The fourth-order valence-corrected chi connectivity index (χ4v) is 21.3. The number of aryl methyl sites for hydroxylation is 1. The molecule has 6 heterocycles. The molecule has 23 nitrogen and oxygen atoms in total. The lowest BCUT2D eigenvalue weighted by molar-refractivity contribution is -0.0625. The van der Waals surface area contributed by atoms with Gasteiger partial charge in [-0.2, -0.15) is 8.42 Å². The molecule has 0 radical (unpaired) electrons. The first-order chi connectivity index (χ1) is 39.8. The van der Waals surface area contributed by atoms with Crippen LogP contribution >= 0.6 is 22.6 Å². The Bertz CT molecular complexity index is 3240. The van der Waals surface area contributed by atoms with E-state index >= 15 is 0 Å². The Labute approximate surface area is 501 Å². The Hall–Kier alpha value is -5.76. The summed E-state index contributed by atoms with van der Waals surface area (Å²) >= 11 is 2.60. The van der Waals surface area contributed by atoms with E-state index in [1.165, 1.54) is 80.9 Å². The van der Waals surface area contributed by atoms with Crippen molar-refractivity contribution in [3.05, 3.63) is 190 Å². The van der Waals surface area contributed by atoms with E-state index in [-0.39, 0.29) is 41.7 Å². The van der Waals surface area contributed by atoms with Gasteiger partial charge in [-0.1, -0.05) is 160 Å². The molecule has 3 aliphatic rings. The minimum absolute atomic E-state index is 0.0520. The van der Waals surface area contributed by atoms with Gasteiger partial charge >= 0.3 is 17.1 Å². The monoisotopic (exact) mass is 1320 g/mol. The Balaban J connectivity index is 0.000000194. The van der Waals surface area contributed by atoms with E-state index in [1.807, 2.05) is 34.6 Å². The predicted molar refractivity (Wildman–Crippen MR) is 328 cm³/mol. The van der Waals surface area contributed by atoms with Gasteiger partial charge in [0.15, 0.2) is 18.7 Å². The molecule has 3 aliphatic heterocycles. The molecule has 3 aromatic carbocycles. The second-order valence-electron chi connectivity index (χ2n) is 21.4. The zero-order valence-electron chi connectivity index (χ0n) is 49.0. The second-order valence-corrected chi connectivity index (χ2v) is 29.8. The topological polar surface area (TPSA) is 315 Å². The minimum Gasteiger partial charge on any atom is -0.394 e. The molecule has 6 aromatic rings. The lowest BCUT2D eigenvalue weighted by atomic mass is 9.98. The number of benzene rings is 3. The normalized spacial score (nSPS) is 24.7. The summed E-state index contributed by atoms with van der Waals surface area (Å²) in [6, 6.07) is 32.0. The third-order valence-electron chi connectivity index (χ3n) is 15.2. The molecule has 0 bridgehead atoms. The van der Waals surface area contributed by atoms with Crippen molar-refractivity contribution in [1.82, 2.24) is 28.7 Å². The highest BCUT2D eigenvalue weighted by atomic mass is 127. The molecule has 26 heteroatoms. The van der Waals surface area contributed by atoms with Crippen LogP contribution in [0.3, 0.4) is 0 Å². The SMILES string of the molecule is CC(C)(C)[Si](CI)(c1ccccc1)c1ccccc1.CC[C@@H]1O[C@H](n2ccc(=O)[nH]c2=O)[C@@H](OC)[C@H]1C.CC[C@@H]1O[C@H](n2ccc(=O)[nH]c2=O)[C@@H](OC)[C@H]1O.CO[C@H]1[C@@H](C)[C@H](CO)O[C@@H]1n1ccc(=O)[nH]c1=O.Cc1ccc(S(=O)(=O)O)cc1. The fourth-order valence-electron chi connectivity index (χ4n) is 10.5. The Kier molecular flexibility index (Phi) is 25.5. The number of H-pyrrole nitrogens is 3. The average molecular weight is 1320 g/mol. The van der Waals surface area contributed by atoms with Gasteiger partial charge in [0.1, 0.15) is 32.5 Å². The smallest absolute Gasteiger partial charge is 0.330 e. The highest BCUT2D eigenvalue weighted by Gasteiger charge is 2.48. The van der Waals surface area contributed by atoms with E-state index in [0.717, 1.165) is 12.0 Å². The predicted octanol–water partition coefficient (Wildman–Crippen LogP) is 4.06. The number of methoxy groups -OCH3 is 3. The second kappa shape index (κ2) is 31.1. The number of aliphatic hydroxyl groups excluding tert-OH is 2. The number of hydrogen-bond donors (Lipinski definition) is 6. The van der Waals surface area contributed by atoms with Gasteiger partial charge in [0.05, 0.1) is 29.8 Å². The van der Waals surface area contributed by atoms with E-state index in [1.54, 1.807) is 29.6 Å². The van der Waals surface area contributed by atoms with Crippen LogP contribution in [0.25, 0.3) is 0 Å². The van der Waals surface area contributed by atoms with E-state index in [0.29, 0.717) is 11.5 Å². The zero-order chi connectivity index (χ0) is 62.3. The summed E-state index contributed by atoms with van der Waals surface area (Å²) in [5.41, 5.74) is -2.01. The van der Waals surface area contributed by atoms with Crippen molar-refractivity contribution in [2.75, 3.05) is 32.0 Å². The van der Waals surface area contributed by atoms with Crippen LogP contribution in [0.15, 0.2) is 155 Å². The van der Waals surface area contributed by atoms with Gasteiger partial charge in [0.2, 0.25) is 0 Å². The summed E-state index contributed by atoms with van der Waals surface area (Å²) in [7, 11) is -1.19. The van der Waals surface area contributed by atoms with Gasteiger partial charge in [0.25, 0.3) is 26.8 Å². The lowest BCUT2D eigenvalue weighted by Crippen LogP contribution is -2.66. The molecule has 0 amide bonds. The molecule has 0 saturated carbocycles. The number of aromatic amines is 3. The third kappa shape index (κ3) is 16.6. The van der Waals surface area contributed by atoms with E-state index in [2.05, 4.69) is 119 Å². The molecule has 9 rings (SSSR count). The van der Waals surface area contributed by atoms with Gasteiger partial charge in [-0.05, 0) is 36.9 Å². The quantitative estimate of drug-likeness (QED) is 0.0411. The maximum Gasteiger partial charge on any atom is 0.330 e. The van der Waals surface area contributed by atoms with Crippen LogP contribution in [0.2, 0.25) is 5.04 Å². The van der Waals surface area contributed by atoms with Gasteiger partial charge in [-0.25, -0.2) is 14.4 Å². The standard InChI is InChI=1S/C17H21ISi.C12H18N2O4.2C11H16N2O5.C7H8O3S/c1-17(2,3)19(14-18,15-10-6-4-7-11-15)16-12-8-5-9-13-16;1-4-8-7(2)10(17-3)11(18-8)14-6-5-9(15)13-12(14)16;1-6-7(5-14)18-10(9(6)17-2)13-4-3-8(15)12-11(13)16;1-3-6-8(15)9(17-2)10(18-6)13-5-4-7(14)12-11(13)16;1-6-2-4-7(5-3-6)11(8,9)10/h4-13H,14H2,1-3H3;5-8,10-11H,4H2,1-3H3,(H,13,15,16);3-4,6-7,9-10,14H,5H2,1-2H3,(H,12,15,16);4-6,8-10,15H,3H2,1-2H3,(H,12,14,16);2-5H,1H3,(H,8,9,10)/t;7-,8-,10-,11-;6-,7-,9-,10-;6-,8-,9-,10-;/m.000./s1. The van der Waals surface area contributed by atoms with Crippen molar-refractivity contribution in [3.8, 4) is 0 Å². The van der Waals surface area contributed by atoms with Gasteiger partial charge in [-0.3, -0.25) is 47.6 Å². The minimum atomic E-state index is -4.02. The molecule has 84 heavy (non-hydrogen) atoms. The molecule has 6 N–H and O–H groups in total. The molecule has 0 unspecified atom stereocenters. The number of ether oxygens (including phenoxy) is 6. The molecule has 3 saturated heterocycles. The number of halogens is 1. The lowest BCUT2D eigenvalue weighted by Gasteiger charge is -2.43. The largest absolute Gasteiger partial charge is 0.394 e. The van der Waals surface area contributed by atoms with Crippen molar-refractivity contribution in [3.63, 3.8) is 0 Å². The summed E-state index contributed by atoms with van der Waals surface area (Å²) in [6.07, 6.45) is 1.02. The Morgan fingerprint density at radius 3 is 1.26 bits per heavy atom. The van der Waals surface area contributed by atoms with Crippen LogP contribution in [0.4, 0.5) is 0 Å². The number of hydrogen-bond acceptors (Lipinski definition) is 16. The van der Waals surface area contributed by atoms with Crippen LogP contribution in [-0.4, -0.2) is 135 Å². The molecule has 3 fully saturated rings. The maximum absolute atomic E-state index is 11.8. The maximum atomic E-state index is 11.8. The molecule has 3 aromatic heterocycles. The number of rotatable bonds is 13. The highest BCUT2D eigenvalue weighted by Crippen LogP contribution is 2.38. The van der Waals surface area contributed by atoms with Crippen molar-refractivity contribution in [1.29, 1.82) is 0 Å². The van der Waals surface area contributed by atoms with Crippen molar-refractivity contribution >= 4 is 51.2 Å². The van der Waals surface area contributed by atoms with Gasteiger partial charge < -0.3 is 38.6 Å². The van der Waals surface area contributed by atoms with Crippen LogP contribution in [-0.2, 0) is 38.5 Å². The van der Waals surface area contributed by atoms with Crippen LogP contribution in [0, 0.1) is 18.8 Å². The van der Waals surface area contributed by atoms with Crippen molar-refractivity contribution in [2.24, 2.45) is 11.8 Å². The molecule has 12 atom stereocenters. The first-order valence-corrected chi connectivity index (χ1v) is 32.4. The Morgan fingerprint density at radius 1 is 0.583 bits per heavy atom. The van der Waals surface area contributed by atoms with Crippen molar-refractivity contribution < 1.29 is 51.6 Å². The first kappa shape index (κ1) is 69.0. The molecule has 0 aliphatic carbocycles. The van der Waals surface area contributed by atoms with Gasteiger partial charge in [-0.15, -0.1) is 0 Å². The first-order valence-electron chi connectivity index (χ1n) is 27.3. The number of nitrogens with zero attached hydrogens (tertiary/aromatic N) is 3. The summed E-state index contributed by atoms with van der Waals surface area (Å²) in [6.45, 7) is 16.7. The highest BCUT2D eigenvalue weighted by molar-refractivity contribution is 14.1. The Morgan fingerprint density at radius 2 is 0.940 bits per heavy atom. The number of nitrogens with one attached hydrogen (secondary N) is 3. The number of alkyl halides is 1. The summed E-state index contributed by atoms with van der Waals surface area (Å²) in [5, 5.41) is 22.6. The molecule has 0 spiro atoms. The van der Waals surface area contributed by atoms with E-state index in [4.69, 9.17) is 33.0 Å². The molecular formula is C58H79IN6O17SSi.